The standard InChI is InChI=1S/C15H12ClN5O7/c1-7-10(15(22)14(21(27)28)8(2)13(7)16)6-17-18-11-4-3-9(19(23)24)5-12(11)20(25)26/h3-6,18,22H,1-2H3/b17-6-. The van der Waals surface area contributed by atoms with Gasteiger partial charge < -0.3 is 5.11 Å². The van der Waals surface area contributed by atoms with Gasteiger partial charge in [0.15, 0.2) is 0 Å². The average molecular weight is 410 g/mol. The highest BCUT2D eigenvalue weighted by atomic mass is 35.5. The number of phenols is 1. The second kappa shape index (κ2) is 7.84. The zero-order valence-electron chi connectivity index (χ0n) is 14.4. The van der Waals surface area contributed by atoms with E-state index in [0.29, 0.717) is 5.56 Å². The first kappa shape index (κ1) is 20.5. The highest BCUT2D eigenvalue weighted by Crippen LogP contribution is 2.40. The van der Waals surface area contributed by atoms with Gasteiger partial charge in [0, 0.05) is 17.2 Å². The van der Waals surface area contributed by atoms with Crippen molar-refractivity contribution in [3.63, 3.8) is 0 Å². The van der Waals surface area contributed by atoms with Gasteiger partial charge in [-0.2, -0.15) is 5.10 Å². The fraction of sp³-hybridized carbons (Fsp3) is 0.133. The van der Waals surface area contributed by atoms with Crippen LogP contribution in [0.3, 0.4) is 0 Å². The number of halogens is 1. The fourth-order valence-corrected chi connectivity index (χ4v) is 2.60. The molecule has 0 saturated carbocycles. The first-order chi connectivity index (χ1) is 13.1. The minimum atomic E-state index is -0.832. The lowest BCUT2D eigenvalue weighted by atomic mass is 10.0. The minimum absolute atomic E-state index is 0.0561. The molecule has 0 aromatic heterocycles. The zero-order valence-corrected chi connectivity index (χ0v) is 15.1. The van der Waals surface area contributed by atoms with Crippen molar-refractivity contribution < 1.29 is 19.9 Å². The maximum absolute atomic E-state index is 11.2. The van der Waals surface area contributed by atoms with E-state index in [0.717, 1.165) is 24.4 Å². The maximum Gasteiger partial charge on any atom is 0.315 e. The van der Waals surface area contributed by atoms with Crippen LogP contribution in [0.15, 0.2) is 23.3 Å². The smallest absolute Gasteiger partial charge is 0.315 e. The molecule has 0 bridgehead atoms. The molecule has 0 atom stereocenters. The maximum atomic E-state index is 11.2. The van der Waals surface area contributed by atoms with Crippen molar-refractivity contribution in [1.29, 1.82) is 0 Å². The van der Waals surface area contributed by atoms with Gasteiger partial charge in [0.1, 0.15) is 5.69 Å². The van der Waals surface area contributed by atoms with Gasteiger partial charge in [0.05, 0.1) is 32.1 Å². The molecule has 2 N–H and O–H groups in total. The van der Waals surface area contributed by atoms with Crippen molar-refractivity contribution in [3.05, 3.63) is 70.3 Å². The number of rotatable bonds is 6. The predicted octanol–water partition coefficient (Wildman–Crippen LogP) is 3.83. The molecule has 0 amide bonds. The number of anilines is 1. The van der Waals surface area contributed by atoms with Crippen LogP contribution in [0.1, 0.15) is 16.7 Å². The van der Waals surface area contributed by atoms with E-state index in [1.807, 2.05) is 0 Å². The van der Waals surface area contributed by atoms with Crippen LogP contribution in [-0.2, 0) is 0 Å². The molecule has 0 spiro atoms. The van der Waals surface area contributed by atoms with Crippen LogP contribution in [0, 0.1) is 44.2 Å². The number of hydrazone groups is 1. The number of benzene rings is 2. The van der Waals surface area contributed by atoms with Crippen molar-refractivity contribution >= 4 is 40.6 Å². The number of nitrogens with zero attached hydrogens (tertiary/aromatic N) is 4. The van der Waals surface area contributed by atoms with Gasteiger partial charge in [-0.25, -0.2) is 0 Å². The highest BCUT2D eigenvalue weighted by molar-refractivity contribution is 6.33. The summed E-state index contributed by atoms with van der Waals surface area (Å²) in [5.41, 5.74) is 0.850. The molecule has 0 fully saturated rings. The van der Waals surface area contributed by atoms with E-state index < -0.39 is 37.6 Å². The molecule has 12 nitrogen and oxygen atoms in total. The molecular formula is C15H12ClN5O7. The Balaban J connectivity index is 2.45. The number of aromatic hydroxyl groups is 1. The second-order valence-corrected chi connectivity index (χ2v) is 5.90. The van der Waals surface area contributed by atoms with E-state index in [1.54, 1.807) is 0 Å². The largest absolute Gasteiger partial charge is 0.502 e. The second-order valence-electron chi connectivity index (χ2n) is 5.52. The Morgan fingerprint density at radius 1 is 1.07 bits per heavy atom. The molecule has 0 aliphatic carbocycles. The molecule has 0 unspecified atom stereocenters. The van der Waals surface area contributed by atoms with E-state index in [4.69, 9.17) is 11.6 Å². The summed E-state index contributed by atoms with van der Waals surface area (Å²) in [6, 6.07) is 2.89. The Hall–Kier alpha value is -3.80. The fourth-order valence-electron chi connectivity index (χ4n) is 2.41. The third kappa shape index (κ3) is 3.81. The number of hydrogen-bond acceptors (Lipinski definition) is 9. The first-order valence-corrected chi connectivity index (χ1v) is 7.82. The van der Waals surface area contributed by atoms with E-state index in [9.17, 15) is 35.4 Å². The Morgan fingerprint density at radius 2 is 1.71 bits per heavy atom. The van der Waals surface area contributed by atoms with E-state index >= 15 is 0 Å². The lowest BCUT2D eigenvalue weighted by Crippen LogP contribution is -2.02. The van der Waals surface area contributed by atoms with Gasteiger partial charge in [-0.1, -0.05) is 11.6 Å². The van der Waals surface area contributed by atoms with Gasteiger partial charge in [0.2, 0.25) is 5.75 Å². The van der Waals surface area contributed by atoms with Gasteiger partial charge in [-0.3, -0.25) is 35.8 Å². The number of nitro groups is 3. The van der Waals surface area contributed by atoms with E-state index in [2.05, 4.69) is 10.5 Å². The van der Waals surface area contributed by atoms with Crippen molar-refractivity contribution in [3.8, 4) is 5.75 Å². The Kier molecular flexibility index (Phi) is 5.74. The Labute approximate surface area is 161 Å². The van der Waals surface area contributed by atoms with Crippen molar-refractivity contribution in [2.75, 3.05) is 5.43 Å². The van der Waals surface area contributed by atoms with Crippen molar-refractivity contribution in [2.45, 2.75) is 13.8 Å². The predicted molar refractivity (Wildman–Crippen MR) is 100 cm³/mol. The Bertz CT molecular complexity index is 1040. The first-order valence-electron chi connectivity index (χ1n) is 7.44. The van der Waals surface area contributed by atoms with Crippen molar-refractivity contribution in [2.24, 2.45) is 5.10 Å². The lowest BCUT2D eigenvalue weighted by Gasteiger charge is -2.10. The molecular weight excluding hydrogens is 398 g/mol. The summed E-state index contributed by atoms with van der Waals surface area (Å²) in [7, 11) is 0. The molecule has 13 heteroatoms. The van der Waals surface area contributed by atoms with Crippen LogP contribution in [0.25, 0.3) is 0 Å². The number of nitrogens with one attached hydrogen (secondary N) is 1. The molecule has 2 aromatic carbocycles. The van der Waals surface area contributed by atoms with Gasteiger partial charge in [-0.05, 0) is 25.5 Å². The third-order valence-corrected chi connectivity index (χ3v) is 4.41. The molecule has 0 aliphatic rings. The zero-order chi connectivity index (χ0) is 21.2. The summed E-state index contributed by atoms with van der Waals surface area (Å²) < 4.78 is 0. The molecule has 0 saturated heterocycles. The summed E-state index contributed by atoms with van der Waals surface area (Å²) in [6.07, 6.45) is 1.01. The monoisotopic (exact) mass is 409 g/mol. The quantitative estimate of drug-likeness (QED) is 0.411. The minimum Gasteiger partial charge on any atom is -0.502 e. The van der Waals surface area contributed by atoms with Crippen LogP contribution in [0.2, 0.25) is 5.02 Å². The summed E-state index contributed by atoms with van der Waals surface area (Å²) in [6.45, 7) is 2.89. The van der Waals surface area contributed by atoms with E-state index in [1.165, 1.54) is 13.8 Å². The highest BCUT2D eigenvalue weighted by Gasteiger charge is 2.26. The van der Waals surface area contributed by atoms with Crippen LogP contribution in [0.5, 0.6) is 5.75 Å². The lowest BCUT2D eigenvalue weighted by molar-refractivity contribution is -0.393. The van der Waals surface area contributed by atoms with Crippen LogP contribution >= 0.6 is 11.6 Å². The molecule has 0 aliphatic heterocycles. The number of nitro benzene ring substituents is 3. The topological polar surface area (TPSA) is 174 Å². The molecule has 0 heterocycles. The van der Waals surface area contributed by atoms with Gasteiger partial charge >= 0.3 is 11.4 Å². The van der Waals surface area contributed by atoms with E-state index in [-0.39, 0.29) is 21.8 Å². The Morgan fingerprint density at radius 3 is 2.25 bits per heavy atom. The summed E-state index contributed by atoms with van der Waals surface area (Å²) >= 11 is 6.06. The number of non-ortho nitro benzene ring substituents is 1. The third-order valence-electron chi connectivity index (χ3n) is 3.85. The van der Waals surface area contributed by atoms with Crippen LogP contribution in [-0.4, -0.2) is 26.1 Å². The van der Waals surface area contributed by atoms with Crippen LogP contribution in [0.4, 0.5) is 22.7 Å². The van der Waals surface area contributed by atoms with Crippen LogP contribution < -0.4 is 5.43 Å². The van der Waals surface area contributed by atoms with Gasteiger partial charge in [0.25, 0.3) is 5.69 Å². The summed E-state index contributed by atoms with van der Waals surface area (Å²) in [5, 5.41) is 47.0. The molecule has 28 heavy (non-hydrogen) atoms. The molecule has 2 aromatic rings. The summed E-state index contributed by atoms with van der Waals surface area (Å²) in [4.78, 5) is 30.6. The van der Waals surface area contributed by atoms with Gasteiger partial charge in [-0.15, -0.1) is 0 Å². The number of hydrogen-bond donors (Lipinski definition) is 2. The molecule has 2 rings (SSSR count). The van der Waals surface area contributed by atoms with Crippen molar-refractivity contribution in [1.82, 2.24) is 0 Å². The summed E-state index contributed by atoms with van der Waals surface area (Å²) in [5.74, 6) is -0.659. The number of phenolic OH excluding ortho intramolecular Hbond substituents is 1. The molecule has 0 radical (unpaired) electrons. The molecule has 146 valence electrons. The SMILES string of the molecule is Cc1c(Cl)c(C)c([N+](=O)[O-])c(O)c1/C=N\Nc1ccc([N+](=O)[O-])cc1[N+](=O)[O-]. The normalized spacial score (nSPS) is 10.8. The average Bonchev–Trinajstić information content (AvgIpc) is 2.62.